The predicted molar refractivity (Wildman–Crippen MR) is 61.0 cm³/mol. The fourth-order valence-electron chi connectivity index (χ4n) is 1.97. The number of hydrogen-bond donors (Lipinski definition) is 0. The zero-order chi connectivity index (χ0) is 11.3. The van der Waals surface area contributed by atoms with Crippen LogP contribution in [0.1, 0.15) is 39.5 Å². The molecule has 1 saturated heterocycles. The molecule has 1 rings (SSSR count). The number of ether oxygens (including phenoxy) is 1. The van der Waals surface area contributed by atoms with Crippen LogP contribution in [0.2, 0.25) is 0 Å². The van der Waals surface area contributed by atoms with Crippen LogP contribution in [-0.2, 0) is 9.53 Å². The molecule has 0 aromatic rings. The summed E-state index contributed by atoms with van der Waals surface area (Å²) in [4.78, 5) is 13.6. The van der Waals surface area contributed by atoms with Crippen molar-refractivity contribution in [1.29, 1.82) is 0 Å². The molecule has 1 aliphatic heterocycles. The maximum atomic E-state index is 11.5. The fraction of sp³-hybridized carbons (Fsp3) is 0.917. The molecule has 0 aliphatic carbocycles. The average molecular weight is 213 g/mol. The SMILES string of the molecule is CCC(=O)C(C)N(C)CC1CCCCO1. The highest BCUT2D eigenvalue weighted by Crippen LogP contribution is 2.14. The van der Waals surface area contributed by atoms with Crippen LogP contribution < -0.4 is 0 Å². The highest BCUT2D eigenvalue weighted by Gasteiger charge is 2.21. The molecule has 0 amide bonds. The van der Waals surface area contributed by atoms with E-state index in [4.69, 9.17) is 4.74 Å². The summed E-state index contributed by atoms with van der Waals surface area (Å²) >= 11 is 0. The third-order valence-electron chi connectivity index (χ3n) is 3.24. The molecule has 1 aliphatic rings. The lowest BCUT2D eigenvalue weighted by Gasteiger charge is -2.30. The maximum absolute atomic E-state index is 11.5. The smallest absolute Gasteiger partial charge is 0.149 e. The molecule has 0 N–H and O–H groups in total. The van der Waals surface area contributed by atoms with Gasteiger partial charge in [-0.2, -0.15) is 0 Å². The standard InChI is InChI=1S/C12H23NO2/c1-4-12(14)10(2)13(3)9-11-7-5-6-8-15-11/h10-11H,4-9H2,1-3H3. The molecule has 1 heterocycles. The Bertz CT molecular complexity index is 200. The first-order valence-electron chi connectivity index (χ1n) is 5.99. The molecule has 0 saturated carbocycles. The molecule has 0 spiro atoms. The molecule has 1 fully saturated rings. The van der Waals surface area contributed by atoms with E-state index in [2.05, 4.69) is 4.90 Å². The third-order valence-corrected chi connectivity index (χ3v) is 3.24. The largest absolute Gasteiger partial charge is 0.377 e. The van der Waals surface area contributed by atoms with Gasteiger partial charge in [0.05, 0.1) is 12.1 Å². The lowest BCUT2D eigenvalue weighted by molar-refractivity contribution is -0.123. The Morgan fingerprint density at radius 2 is 2.27 bits per heavy atom. The van der Waals surface area contributed by atoms with E-state index >= 15 is 0 Å². The quantitative estimate of drug-likeness (QED) is 0.698. The number of nitrogens with zero attached hydrogens (tertiary/aromatic N) is 1. The molecule has 2 unspecified atom stereocenters. The van der Waals surface area contributed by atoms with Crippen molar-refractivity contribution >= 4 is 5.78 Å². The Balaban J connectivity index is 2.32. The van der Waals surface area contributed by atoms with Gasteiger partial charge in [0.25, 0.3) is 0 Å². The zero-order valence-electron chi connectivity index (χ0n) is 10.2. The van der Waals surface area contributed by atoms with Crippen LogP contribution in [0.4, 0.5) is 0 Å². The van der Waals surface area contributed by atoms with Gasteiger partial charge in [0.1, 0.15) is 5.78 Å². The Morgan fingerprint density at radius 3 is 2.80 bits per heavy atom. The van der Waals surface area contributed by atoms with E-state index < -0.39 is 0 Å². The van der Waals surface area contributed by atoms with E-state index in [0.717, 1.165) is 19.6 Å². The molecule has 0 aromatic heterocycles. The van der Waals surface area contributed by atoms with Gasteiger partial charge in [-0.05, 0) is 33.2 Å². The number of carbonyl (C=O) groups excluding carboxylic acids is 1. The molecular weight excluding hydrogens is 190 g/mol. The number of hydrogen-bond acceptors (Lipinski definition) is 3. The van der Waals surface area contributed by atoms with Gasteiger partial charge < -0.3 is 4.74 Å². The molecule has 88 valence electrons. The number of likely N-dealkylation sites (N-methyl/N-ethyl adjacent to an activating group) is 1. The highest BCUT2D eigenvalue weighted by atomic mass is 16.5. The summed E-state index contributed by atoms with van der Waals surface area (Å²) in [5, 5.41) is 0. The van der Waals surface area contributed by atoms with Crippen LogP contribution in [0.3, 0.4) is 0 Å². The minimum absolute atomic E-state index is 0.0283. The normalized spacial score (nSPS) is 24.1. The van der Waals surface area contributed by atoms with E-state index in [0.29, 0.717) is 18.3 Å². The number of carbonyl (C=O) groups is 1. The average Bonchev–Trinajstić information content (AvgIpc) is 2.28. The van der Waals surface area contributed by atoms with Crippen molar-refractivity contribution in [3.63, 3.8) is 0 Å². The van der Waals surface area contributed by atoms with E-state index in [1.807, 2.05) is 20.9 Å². The van der Waals surface area contributed by atoms with Crippen molar-refractivity contribution in [2.24, 2.45) is 0 Å². The summed E-state index contributed by atoms with van der Waals surface area (Å²) in [6.45, 7) is 5.67. The summed E-state index contributed by atoms with van der Waals surface area (Å²) < 4.78 is 5.66. The first kappa shape index (κ1) is 12.7. The molecule has 3 nitrogen and oxygen atoms in total. The van der Waals surface area contributed by atoms with Crippen LogP contribution in [0.15, 0.2) is 0 Å². The maximum Gasteiger partial charge on any atom is 0.149 e. The van der Waals surface area contributed by atoms with E-state index in [9.17, 15) is 4.79 Å². The van der Waals surface area contributed by atoms with E-state index in [-0.39, 0.29) is 6.04 Å². The van der Waals surface area contributed by atoms with Crippen molar-refractivity contribution < 1.29 is 9.53 Å². The molecule has 0 radical (unpaired) electrons. The summed E-state index contributed by atoms with van der Waals surface area (Å²) in [6.07, 6.45) is 4.53. The van der Waals surface area contributed by atoms with Crippen molar-refractivity contribution in [3.8, 4) is 0 Å². The van der Waals surface area contributed by atoms with E-state index in [1.165, 1.54) is 12.8 Å². The zero-order valence-corrected chi connectivity index (χ0v) is 10.2. The Hall–Kier alpha value is -0.410. The summed E-state index contributed by atoms with van der Waals surface area (Å²) in [6, 6.07) is 0.0283. The first-order chi connectivity index (χ1) is 7.15. The third kappa shape index (κ3) is 3.92. The second-order valence-electron chi connectivity index (χ2n) is 4.42. The summed E-state index contributed by atoms with van der Waals surface area (Å²) in [7, 11) is 2.01. The van der Waals surface area contributed by atoms with Gasteiger partial charge in [0, 0.05) is 19.6 Å². The van der Waals surface area contributed by atoms with Gasteiger partial charge in [-0.1, -0.05) is 6.92 Å². The Labute approximate surface area is 92.8 Å². The summed E-state index contributed by atoms with van der Waals surface area (Å²) in [5.74, 6) is 0.313. The van der Waals surface area contributed by atoms with Crippen LogP contribution in [0, 0.1) is 0 Å². The molecule has 2 atom stereocenters. The number of rotatable bonds is 5. The highest BCUT2D eigenvalue weighted by molar-refractivity contribution is 5.83. The Morgan fingerprint density at radius 1 is 1.53 bits per heavy atom. The van der Waals surface area contributed by atoms with Gasteiger partial charge in [0.15, 0.2) is 0 Å². The van der Waals surface area contributed by atoms with Crippen LogP contribution in [0.25, 0.3) is 0 Å². The monoisotopic (exact) mass is 213 g/mol. The minimum atomic E-state index is 0.0283. The topological polar surface area (TPSA) is 29.5 Å². The number of ketones is 1. The molecule has 0 aromatic carbocycles. The minimum Gasteiger partial charge on any atom is -0.377 e. The lowest BCUT2D eigenvalue weighted by atomic mass is 10.1. The first-order valence-corrected chi connectivity index (χ1v) is 5.99. The molecular formula is C12H23NO2. The van der Waals surface area contributed by atoms with Gasteiger partial charge >= 0.3 is 0 Å². The second-order valence-corrected chi connectivity index (χ2v) is 4.42. The van der Waals surface area contributed by atoms with Crippen molar-refractivity contribution in [3.05, 3.63) is 0 Å². The Kier molecular flexibility index (Phi) is 5.26. The van der Waals surface area contributed by atoms with E-state index in [1.54, 1.807) is 0 Å². The molecule has 15 heavy (non-hydrogen) atoms. The van der Waals surface area contributed by atoms with Gasteiger partial charge in [-0.3, -0.25) is 9.69 Å². The van der Waals surface area contributed by atoms with Crippen molar-refractivity contribution in [2.75, 3.05) is 20.2 Å². The van der Waals surface area contributed by atoms with Crippen LogP contribution in [0.5, 0.6) is 0 Å². The lowest BCUT2D eigenvalue weighted by Crippen LogP contribution is -2.41. The summed E-state index contributed by atoms with van der Waals surface area (Å²) in [5.41, 5.74) is 0. The van der Waals surface area contributed by atoms with Crippen LogP contribution >= 0.6 is 0 Å². The second kappa shape index (κ2) is 6.23. The van der Waals surface area contributed by atoms with Crippen molar-refractivity contribution in [1.82, 2.24) is 4.90 Å². The number of Topliss-reactive ketones (excluding diaryl/α,β-unsaturated/α-hetero) is 1. The predicted octanol–water partition coefficient (Wildman–Crippen LogP) is 1.85. The van der Waals surface area contributed by atoms with Crippen LogP contribution in [-0.4, -0.2) is 43.0 Å². The fourth-order valence-corrected chi connectivity index (χ4v) is 1.97. The van der Waals surface area contributed by atoms with Gasteiger partial charge in [-0.25, -0.2) is 0 Å². The molecule has 0 bridgehead atoms. The van der Waals surface area contributed by atoms with Gasteiger partial charge in [-0.15, -0.1) is 0 Å². The van der Waals surface area contributed by atoms with Crippen molar-refractivity contribution in [2.45, 2.75) is 51.7 Å². The van der Waals surface area contributed by atoms with Gasteiger partial charge in [0.2, 0.25) is 0 Å². The molecule has 3 heteroatoms.